The molecule has 0 amide bonds. The zero-order valence-corrected chi connectivity index (χ0v) is 6.85. The fraction of sp³-hybridized carbons (Fsp3) is 1.00. The van der Waals surface area contributed by atoms with Crippen LogP contribution in [0.15, 0.2) is 0 Å². The molecule has 0 unspecified atom stereocenters. The molecule has 58 valence electrons. The van der Waals surface area contributed by atoms with Gasteiger partial charge in [-0.2, -0.15) is 0 Å². The molecular formula is C9H16O. The van der Waals surface area contributed by atoms with Crippen LogP contribution in [0.1, 0.15) is 39.5 Å². The first-order chi connectivity index (χ1) is 4.56. The van der Waals surface area contributed by atoms with Crippen LogP contribution in [-0.2, 0) is 0 Å². The lowest BCUT2D eigenvalue weighted by Gasteiger charge is -2.32. The summed E-state index contributed by atoms with van der Waals surface area (Å²) in [5.74, 6) is 0.803. The van der Waals surface area contributed by atoms with Gasteiger partial charge in [0.05, 0.1) is 5.60 Å². The van der Waals surface area contributed by atoms with E-state index in [2.05, 4.69) is 13.8 Å². The van der Waals surface area contributed by atoms with Crippen molar-refractivity contribution >= 4 is 0 Å². The molecule has 2 aliphatic carbocycles. The van der Waals surface area contributed by atoms with Crippen LogP contribution in [0.25, 0.3) is 0 Å². The molecule has 10 heavy (non-hydrogen) atoms. The Kier molecular flexibility index (Phi) is 1.05. The lowest BCUT2D eigenvalue weighted by Crippen LogP contribution is -2.36. The van der Waals surface area contributed by atoms with E-state index >= 15 is 0 Å². The van der Waals surface area contributed by atoms with Crippen molar-refractivity contribution in [3.63, 3.8) is 0 Å². The summed E-state index contributed by atoms with van der Waals surface area (Å²) in [5.41, 5.74) is -0.0787. The Hall–Kier alpha value is -0.0400. The molecule has 2 aliphatic rings. The first-order valence-corrected chi connectivity index (χ1v) is 4.29. The summed E-state index contributed by atoms with van der Waals surface area (Å²) in [6.45, 7) is 4.44. The van der Waals surface area contributed by atoms with Crippen molar-refractivity contribution in [3.05, 3.63) is 0 Å². The predicted octanol–water partition coefficient (Wildman–Crippen LogP) is 1.95. The maximum Gasteiger partial charge on any atom is 0.0701 e. The summed E-state index contributed by atoms with van der Waals surface area (Å²) >= 11 is 0. The summed E-state index contributed by atoms with van der Waals surface area (Å²) in [6, 6.07) is 0. The van der Waals surface area contributed by atoms with Gasteiger partial charge < -0.3 is 5.11 Å². The largest absolute Gasteiger partial charge is 0.389 e. The third-order valence-electron chi connectivity index (χ3n) is 4.03. The molecule has 2 bridgehead atoms. The monoisotopic (exact) mass is 140 g/mol. The molecule has 1 N–H and O–H groups in total. The second kappa shape index (κ2) is 1.58. The number of fused-ring (bicyclic) bond motifs is 2. The highest BCUT2D eigenvalue weighted by Crippen LogP contribution is 2.59. The Balaban J connectivity index is 2.37. The normalized spacial score (nSPS) is 50.1. The van der Waals surface area contributed by atoms with E-state index in [1.54, 1.807) is 0 Å². The molecule has 0 spiro atoms. The average molecular weight is 140 g/mol. The van der Waals surface area contributed by atoms with Crippen LogP contribution in [0, 0.1) is 11.3 Å². The fourth-order valence-electron chi connectivity index (χ4n) is 2.84. The van der Waals surface area contributed by atoms with Crippen LogP contribution in [0.4, 0.5) is 0 Å². The lowest BCUT2D eigenvalue weighted by atomic mass is 9.79. The topological polar surface area (TPSA) is 20.2 Å². The zero-order chi connectivity index (χ0) is 7.41. The van der Waals surface area contributed by atoms with Crippen LogP contribution in [0.2, 0.25) is 0 Å². The molecule has 1 heteroatoms. The van der Waals surface area contributed by atoms with E-state index in [9.17, 15) is 5.11 Å². The number of hydrogen-bond acceptors (Lipinski definition) is 1. The molecule has 0 atom stereocenters. The summed E-state index contributed by atoms with van der Waals surface area (Å²) in [5, 5.41) is 10.1. The Morgan fingerprint density at radius 1 is 1.20 bits per heavy atom. The summed E-state index contributed by atoms with van der Waals surface area (Å²) in [7, 11) is 0. The first-order valence-electron chi connectivity index (χ1n) is 4.29. The highest BCUT2D eigenvalue weighted by molar-refractivity contribution is 5.08. The Morgan fingerprint density at radius 3 is 1.80 bits per heavy atom. The van der Waals surface area contributed by atoms with Gasteiger partial charge in [-0.1, -0.05) is 13.8 Å². The minimum absolute atomic E-state index is 0.215. The van der Waals surface area contributed by atoms with E-state index in [1.165, 1.54) is 12.8 Å². The lowest BCUT2D eigenvalue weighted by molar-refractivity contribution is -0.0287. The van der Waals surface area contributed by atoms with E-state index < -0.39 is 0 Å². The van der Waals surface area contributed by atoms with Crippen LogP contribution < -0.4 is 0 Å². The van der Waals surface area contributed by atoms with E-state index in [1.807, 2.05) is 0 Å². The van der Waals surface area contributed by atoms with Gasteiger partial charge in [0.25, 0.3) is 0 Å². The Bertz CT molecular complexity index is 149. The van der Waals surface area contributed by atoms with Crippen molar-refractivity contribution < 1.29 is 5.11 Å². The van der Waals surface area contributed by atoms with Crippen molar-refractivity contribution in [2.45, 2.75) is 45.1 Å². The van der Waals surface area contributed by atoms with E-state index in [0.29, 0.717) is 0 Å². The van der Waals surface area contributed by atoms with Crippen LogP contribution in [-0.4, -0.2) is 10.7 Å². The quantitative estimate of drug-likeness (QED) is 0.545. The molecule has 0 aromatic carbocycles. The molecule has 0 saturated heterocycles. The van der Waals surface area contributed by atoms with Gasteiger partial charge in [-0.3, -0.25) is 0 Å². The maximum absolute atomic E-state index is 10.1. The van der Waals surface area contributed by atoms with E-state index in [4.69, 9.17) is 0 Å². The van der Waals surface area contributed by atoms with Crippen molar-refractivity contribution in [2.75, 3.05) is 0 Å². The summed E-state index contributed by atoms with van der Waals surface area (Å²) in [4.78, 5) is 0. The Labute approximate surface area is 62.4 Å². The van der Waals surface area contributed by atoms with Gasteiger partial charge in [-0.05, 0) is 37.0 Å². The molecule has 0 aromatic rings. The van der Waals surface area contributed by atoms with Crippen molar-refractivity contribution in [1.29, 1.82) is 0 Å². The molecule has 1 nitrogen and oxygen atoms in total. The van der Waals surface area contributed by atoms with Gasteiger partial charge in [-0.15, -0.1) is 0 Å². The van der Waals surface area contributed by atoms with Crippen LogP contribution in [0.3, 0.4) is 0 Å². The van der Waals surface area contributed by atoms with Crippen molar-refractivity contribution in [2.24, 2.45) is 11.3 Å². The predicted molar refractivity (Wildman–Crippen MR) is 40.7 cm³/mol. The van der Waals surface area contributed by atoms with Gasteiger partial charge in [0, 0.05) is 0 Å². The SMILES string of the molecule is CC1(C)C2CCC1(O)CC2. The minimum atomic E-state index is -0.294. The third-order valence-corrected chi connectivity index (χ3v) is 4.03. The van der Waals surface area contributed by atoms with Gasteiger partial charge >= 0.3 is 0 Å². The standard InChI is InChI=1S/C9H16O/c1-8(2)7-3-5-9(8,10)6-4-7/h7,10H,3-6H2,1-2H3. The highest BCUT2D eigenvalue weighted by atomic mass is 16.3. The zero-order valence-electron chi connectivity index (χ0n) is 6.85. The van der Waals surface area contributed by atoms with Gasteiger partial charge in [0.15, 0.2) is 0 Å². The molecular weight excluding hydrogens is 124 g/mol. The molecule has 0 heterocycles. The van der Waals surface area contributed by atoms with Crippen molar-refractivity contribution in [3.8, 4) is 0 Å². The average Bonchev–Trinajstić information content (AvgIpc) is 2.18. The van der Waals surface area contributed by atoms with E-state index in [0.717, 1.165) is 18.8 Å². The van der Waals surface area contributed by atoms with Gasteiger partial charge in [-0.25, -0.2) is 0 Å². The fourth-order valence-corrected chi connectivity index (χ4v) is 2.84. The number of aliphatic hydroxyl groups is 1. The van der Waals surface area contributed by atoms with Crippen LogP contribution in [0.5, 0.6) is 0 Å². The minimum Gasteiger partial charge on any atom is -0.389 e. The molecule has 2 rings (SSSR count). The smallest absolute Gasteiger partial charge is 0.0701 e. The second-order valence-electron chi connectivity index (χ2n) is 4.53. The highest BCUT2D eigenvalue weighted by Gasteiger charge is 2.57. The number of rotatable bonds is 0. The molecule has 2 saturated carbocycles. The summed E-state index contributed by atoms with van der Waals surface area (Å²) in [6.07, 6.45) is 4.60. The summed E-state index contributed by atoms with van der Waals surface area (Å²) < 4.78 is 0. The third kappa shape index (κ3) is 0.531. The van der Waals surface area contributed by atoms with Crippen molar-refractivity contribution in [1.82, 2.24) is 0 Å². The first kappa shape index (κ1) is 6.66. The molecule has 0 radical (unpaired) electrons. The van der Waals surface area contributed by atoms with Crippen LogP contribution >= 0.6 is 0 Å². The van der Waals surface area contributed by atoms with Gasteiger partial charge in [0.2, 0.25) is 0 Å². The Morgan fingerprint density at radius 2 is 1.70 bits per heavy atom. The van der Waals surface area contributed by atoms with Gasteiger partial charge in [0.1, 0.15) is 0 Å². The second-order valence-corrected chi connectivity index (χ2v) is 4.53. The molecule has 0 aromatic heterocycles. The number of hydrogen-bond donors (Lipinski definition) is 1. The van der Waals surface area contributed by atoms with E-state index in [-0.39, 0.29) is 11.0 Å². The molecule has 2 fully saturated rings. The molecule has 0 aliphatic heterocycles. The maximum atomic E-state index is 10.1.